The van der Waals surface area contributed by atoms with E-state index in [2.05, 4.69) is 21.1 Å². The largest absolute Gasteiger partial charge is 0.296 e. The summed E-state index contributed by atoms with van der Waals surface area (Å²) in [5, 5.41) is 27.5. The van der Waals surface area contributed by atoms with E-state index >= 15 is 0 Å². The predicted molar refractivity (Wildman–Crippen MR) is 126 cm³/mol. The fraction of sp³-hybridized carbons (Fsp3) is 0. The van der Waals surface area contributed by atoms with Crippen molar-refractivity contribution in [2.45, 2.75) is 9.79 Å². The maximum absolute atomic E-state index is 12.7. The molecule has 0 aliphatic rings. The molecule has 0 saturated carbocycles. The van der Waals surface area contributed by atoms with Gasteiger partial charge in [0.25, 0.3) is 31.6 Å². The topological polar surface area (TPSA) is 278 Å². The normalized spacial score (nSPS) is 12.8. The number of anilines is 2. The van der Waals surface area contributed by atoms with Crippen LogP contribution in [0.15, 0.2) is 78.1 Å². The van der Waals surface area contributed by atoms with E-state index in [0.717, 1.165) is 36.4 Å². The first-order valence-corrected chi connectivity index (χ1v) is 12.4. The van der Waals surface area contributed by atoms with Crippen molar-refractivity contribution in [2.75, 3.05) is 10.9 Å². The number of benzene rings is 3. The number of nitro benzene ring substituents is 2. The zero-order chi connectivity index (χ0) is 28.4. The number of nitrogens with one attached hydrogen (secondary N) is 2. The van der Waals surface area contributed by atoms with E-state index in [9.17, 15) is 55.8 Å². The molecule has 0 radical (unpaired) electrons. The van der Waals surface area contributed by atoms with Gasteiger partial charge in [0.1, 0.15) is 15.1 Å². The summed E-state index contributed by atoms with van der Waals surface area (Å²) in [6, 6.07) is 6.24. The molecule has 18 nitrogen and oxygen atoms in total. The first kappa shape index (κ1) is 27.7. The van der Waals surface area contributed by atoms with Gasteiger partial charge in [-0.05, 0) is 24.3 Å². The first-order valence-electron chi connectivity index (χ1n) is 9.56. The van der Waals surface area contributed by atoms with E-state index in [0.29, 0.717) is 12.1 Å². The van der Waals surface area contributed by atoms with Crippen LogP contribution in [-0.4, -0.2) is 35.8 Å². The fourth-order valence-electron chi connectivity index (χ4n) is 2.83. The smallest absolute Gasteiger partial charge is 0.287 e. The predicted octanol–water partition coefficient (Wildman–Crippen LogP) is -0.552. The van der Waals surface area contributed by atoms with Gasteiger partial charge in [0.05, 0.1) is 21.2 Å². The van der Waals surface area contributed by atoms with E-state index in [1.807, 2.05) is 0 Å². The van der Waals surface area contributed by atoms with Crippen LogP contribution >= 0.6 is 0 Å². The van der Waals surface area contributed by atoms with Gasteiger partial charge >= 0.3 is 0 Å². The molecule has 3 rings (SSSR count). The van der Waals surface area contributed by atoms with Crippen molar-refractivity contribution in [1.82, 2.24) is 0 Å². The van der Waals surface area contributed by atoms with Crippen molar-refractivity contribution < 1.29 is 35.8 Å². The summed E-state index contributed by atoms with van der Waals surface area (Å²) in [4.78, 5) is 42.9. The van der Waals surface area contributed by atoms with Crippen molar-refractivity contribution in [1.29, 1.82) is 0 Å². The lowest BCUT2D eigenvalue weighted by Gasteiger charge is -2.06. The minimum absolute atomic E-state index is 0.469. The Kier molecular flexibility index (Phi) is 7.44. The molecular weight excluding hydrogens is 556 g/mol. The number of nitrogens with zero attached hydrogens (tertiary/aromatic N) is 4. The summed E-state index contributed by atoms with van der Waals surface area (Å²) in [5.41, 5.74) is -0.322. The fourth-order valence-corrected chi connectivity index (χ4v) is 4.16. The van der Waals surface area contributed by atoms with Crippen LogP contribution in [0.3, 0.4) is 0 Å². The van der Waals surface area contributed by atoms with Gasteiger partial charge in [-0.3, -0.25) is 49.8 Å². The third kappa shape index (κ3) is 6.07. The molecule has 0 fully saturated rings. The van der Waals surface area contributed by atoms with E-state index < -0.39 is 84.2 Å². The summed E-state index contributed by atoms with van der Waals surface area (Å²) >= 11 is 0. The molecule has 0 atom stereocenters. The van der Waals surface area contributed by atoms with Gasteiger partial charge in [-0.25, -0.2) is 0 Å². The van der Waals surface area contributed by atoms with E-state index in [1.165, 1.54) is 0 Å². The van der Waals surface area contributed by atoms with Crippen LogP contribution in [0.2, 0.25) is 0 Å². The van der Waals surface area contributed by atoms with E-state index in [4.69, 9.17) is 0 Å². The SMILES string of the molecule is O=c1ccc(=NNc2ccc([N+](=O)[O-])cc2S(=O)(=O)O)c(=O)c1=NNc1ccc([N+](=O)[O-])cc1S(=O)(=O)O. The molecule has 0 bridgehead atoms. The third-order valence-corrected chi connectivity index (χ3v) is 6.35. The molecule has 3 aromatic rings. The quantitative estimate of drug-likeness (QED) is 0.151. The van der Waals surface area contributed by atoms with E-state index in [-0.39, 0.29) is 0 Å². The summed E-state index contributed by atoms with van der Waals surface area (Å²) in [6.07, 6.45) is 0. The molecule has 4 N–H and O–H groups in total. The summed E-state index contributed by atoms with van der Waals surface area (Å²) in [7, 11) is -9.99. The van der Waals surface area contributed by atoms with Gasteiger partial charge in [-0.1, -0.05) is 0 Å². The van der Waals surface area contributed by atoms with Crippen LogP contribution < -0.4 is 32.4 Å². The van der Waals surface area contributed by atoms with Gasteiger partial charge in [0.15, 0.2) is 5.36 Å². The minimum Gasteiger partial charge on any atom is -0.287 e. The highest BCUT2D eigenvalue weighted by Gasteiger charge is 2.21. The molecule has 198 valence electrons. The second kappa shape index (κ2) is 10.2. The van der Waals surface area contributed by atoms with E-state index in [1.54, 1.807) is 0 Å². The van der Waals surface area contributed by atoms with Gasteiger partial charge in [0, 0.05) is 24.3 Å². The summed E-state index contributed by atoms with van der Waals surface area (Å²) in [5.74, 6) is 0. The van der Waals surface area contributed by atoms with Gasteiger partial charge in [-0.15, -0.1) is 0 Å². The monoisotopic (exact) mass is 568 g/mol. The number of non-ortho nitro benzene ring substituents is 2. The molecule has 3 aromatic carbocycles. The Balaban J connectivity index is 2.09. The average molecular weight is 568 g/mol. The van der Waals surface area contributed by atoms with Gasteiger partial charge in [-0.2, -0.15) is 27.0 Å². The zero-order valence-corrected chi connectivity index (χ0v) is 19.8. The summed E-state index contributed by atoms with van der Waals surface area (Å²) in [6.45, 7) is 0. The highest BCUT2D eigenvalue weighted by Crippen LogP contribution is 2.27. The number of rotatable bonds is 8. The lowest BCUT2D eigenvalue weighted by Crippen LogP contribution is -2.48. The Labute approximate surface area is 209 Å². The first-order chi connectivity index (χ1) is 17.6. The molecule has 0 saturated heterocycles. The molecule has 0 unspecified atom stereocenters. The van der Waals surface area contributed by atoms with Crippen molar-refractivity contribution in [3.63, 3.8) is 0 Å². The number of hydrogen-bond donors (Lipinski definition) is 4. The molecule has 0 aliphatic heterocycles. The van der Waals surface area contributed by atoms with Crippen LogP contribution in [0.25, 0.3) is 0 Å². The lowest BCUT2D eigenvalue weighted by atomic mass is 10.3. The Morgan fingerprint density at radius 3 is 1.58 bits per heavy atom. The van der Waals surface area contributed by atoms with Gasteiger partial charge in [0.2, 0.25) is 10.9 Å². The number of hydrogen-bond acceptors (Lipinski definition) is 14. The minimum atomic E-state index is -5.01. The average Bonchev–Trinajstić information content (AvgIpc) is 2.82. The van der Waals surface area contributed by atoms with Crippen molar-refractivity contribution in [3.05, 3.63) is 99.9 Å². The highest BCUT2D eigenvalue weighted by atomic mass is 32.2. The maximum Gasteiger partial charge on any atom is 0.296 e. The van der Waals surface area contributed by atoms with Crippen LogP contribution in [0.4, 0.5) is 22.7 Å². The Morgan fingerprint density at radius 1 is 0.711 bits per heavy atom. The molecule has 0 heterocycles. The second-order valence-electron chi connectivity index (χ2n) is 7.03. The molecule has 38 heavy (non-hydrogen) atoms. The Bertz CT molecular complexity index is 1930. The Hall–Kier alpha value is -4.92. The maximum atomic E-state index is 12.7. The second-order valence-corrected chi connectivity index (χ2v) is 9.81. The molecular formula is C18H12N6O12S2. The van der Waals surface area contributed by atoms with Gasteiger partial charge < -0.3 is 0 Å². The van der Waals surface area contributed by atoms with Crippen LogP contribution in [0.1, 0.15) is 0 Å². The molecule has 0 aliphatic carbocycles. The lowest BCUT2D eigenvalue weighted by molar-refractivity contribution is -0.385. The molecule has 0 aromatic heterocycles. The van der Waals surface area contributed by atoms with Crippen LogP contribution in [-0.2, 0) is 20.2 Å². The number of nitro groups is 2. The highest BCUT2D eigenvalue weighted by molar-refractivity contribution is 7.86. The molecule has 20 heteroatoms. The molecule has 0 spiro atoms. The van der Waals surface area contributed by atoms with Crippen LogP contribution in [0.5, 0.6) is 0 Å². The summed E-state index contributed by atoms with van der Waals surface area (Å²) < 4.78 is 65.2. The van der Waals surface area contributed by atoms with Crippen molar-refractivity contribution >= 4 is 43.0 Å². The zero-order valence-electron chi connectivity index (χ0n) is 18.2. The Morgan fingerprint density at radius 2 is 1.16 bits per heavy atom. The van der Waals surface area contributed by atoms with Crippen molar-refractivity contribution in [3.8, 4) is 0 Å². The molecule has 0 amide bonds. The standard InChI is InChI=1S/C18H12N6O12S2/c25-14-6-5-13(21-19-11-3-1-9(23(27)28)7-15(11)37(31,32)33)18(26)17(14)22-20-12-4-2-10(24(29)30)8-16(12)38(34,35)36/h1-8,19-20H,(H,31,32,33)(H,34,35,36). The van der Waals surface area contributed by atoms with Crippen LogP contribution in [0, 0.1) is 20.2 Å². The third-order valence-electron chi connectivity index (χ3n) is 4.57. The van der Waals surface area contributed by atoms with Crippen molar-refractivity contribution in [2.24, 2.45) is 10.2 Å².